The largest absolute Gasteiger partial charge is 0.497 e. The van der Waals surface area contributed by atoms with E-state index in [-0.39, 0.29) is 11.9 Å². The fourth-order valence-corrected chi connectivity index (χ4v) is 2.21. The minimum atomic E-state index is -0.882. The van der Waals surface area contributed by atoms with Crippen molar-refractivity contribution >= 4 is 11.8 Å². The Morgan fingerprint density at radius 2 is 1.32 bits per heavy atom. The lowest BCUT2D eigenvalue weighted by molar-refractivity contribution is 0.0318. The lowest BCUT2D eigenvalue weighted by Crippen LogP contribution is -2.24. The third-order valence-corrected chi connectivity index (χ3v) is 3.49. The van der Waals surface area contributed by atoms with Crippen molar-refractivity contribution in [3.05, 3.63) is 59.7 Å². The van der Waals surface area contributed by atoms with Crippen LogP contribution in [0.2, 0.25) is 0 Å². The maximum Gasteiger partial charge on any atom is 0.338 e. The van der Waals surface area contributed by atoms with Gasteiger partial charge in [0.05, 0.1) is 18.8 Å². The molecule has 0 saturated carbocycles. The molecule has 25 heavy (non-hydrogen) atoms. The van der Waals surface area contributed by atoms with Crippen molar-refractivity contribution in [3.63, 3.8) is 0 Å². The number of esters is 1. The number of ether oxygens (including phenoxy) is 3. The quantitative estimate of drug-likeness (QED) is 0.564. The second-order valence-corrected chi connectivity index (χ2v) is 5.83. The molecule has 0 amide bonds. The first kappa shape index (κ1) is 18.5. The van der Waals surface area contributed by atoms with Gasteiger partial charge in [-0.25, -0.2) is 4.79 Å². The Morgan fingerprint density at radius 1 is 0.800 bits per heavy atom. The van der Waals surface area contributed by atoms with Crippen molar-refractivity contribution in [2.75, 3.05) is 7.11 Å². The van der Waals surface area contributed by atoms with Crippen molar-refractivity contribution in [1.82, 2.24) is 0 Å². The second kappa shape index (κ2) is 8.33. The van der Waals surface area contributed by atoms with E-state index in [2.05, 4.69) is 0 Å². The van der Waals surface area contributed by atoms with Gasteiger partial charge in [0.1, 0.15) is 11.5 Å². The van der Waals surface area contributed by atoms with Crippen LogP contribution < -0.4 is 9.47 Å². The molecule has 2 aromatic carbocycles. The van der Waals surface area contributed by atoms with E-state index < -0.39 is 12.1 Å². The van der Waals surface area contributed by atoms with Crippen LogP contribution >= 0.6 is 0 Å². The number of ketones is 1. The molecular formula is C20H22O5. The normalized spacial score (nSPS) is 11.7. The Labute approximate surface area is 147 Å². The number of carbonyl (C=O) groups excluding carboxylic acids is 2. The molecule has 0 fully saturated rings. The minimum absolute atomic E-state index is 0.0555. The predicted molar refractivity (Wildman–Crippen MR) is 94.4 cm³/mol. The van der Waals surface area contributed by atoms with Gasteiger partial charge in [0.2, 0.25) is 5.78 Å². The first-order chi connectivity index (χ1) is 11.9. The van der Waals surface area contributed by atoms with Gasteiger partial charge in [0.25, 0.3) is 0 Å². The van der Waals surface area contributed by atoms with E-state index in [0.717, 1.165) is 0 Å². The number of benzene rings is 2. The highest BCUT2D eigenvalue weighted by Gasteiger charge is 2.20. The van der Waals surface area contributed by atoms with Crippen molar-refractivity contribution in [1.29, 1.82) is 0 Å². The zero-order valence-electron chi connectivity index (χ0n) is 14.8. The molecule has 0 radical (unpaired) electrons. The molecule has 0 aliphatic carbocycles. The SMILES string of the molecule is COc1ccc(C(=O)[C@H](C)OC(=O)c2ccc(OC(C)C)cc2)cc1. The van der Waals surface area contributed by atoms with Gasteiger partial charge in [-0.1, -0.05) is 0 Å². The van der Waals surface area contributed by atoms with E-state index in [0.29, 0.717) is 22.6 Å². The summed E-state index contributed by atoms with van der Waals surface area (Å²) in [5.74, 6) is 0.514. The van der Waals surface area contributed by atoms with E-state index in [1.165, 1.54) is 0 Å². The smallest absolute Gasteiger partial charge is 0.338 e. The van der Waals surface area contributed by atoms with E-state index in [9.17, 15) is 9.59 Å². The van der Waals surface area contributed by atoms with Gasteiger partial charge < -0.3 is 14.2 Å². The molecule has 0 N–H and O–H groups in total. The summed E-state index contributed by atoms with van der Waals surface area (Å²) >= 11 is 0. The summed E-state index contributed by atoms with van der Waals surface area (Å²) in [6.07, 6.45) is -0.826. The van der Waals surface area contributed by atoms with Crippen LogP contribution in [0.5, 0.6) is 11.5 Å². The molecule has 5 heteroatoms. The molecule has 0 aromatic heterocycles. The van der Waals surface area contributed by atoms with Crippen LogP contribution in [0.25, 0.3) is 0 Å². The molecule has 2 aromatic rings. The fraction of sp³-hybridized carbons (Fsp3) is 0.300. The van der Waals surface area contributed by atoms with Crippen LogP contribution in [-0.4, -0.2) is 31.1 Å². The van der Waals surface area contributed by atoms with Crippen LogP contribution in [-0.2, 0) is 4.74 Å². The monoisotopic (exact) mass is 342 g/mol. The number of methoxy groups -OCH3 is 1. The molecule has 1 atom stereocenters. The molecule has 0 aliphatic rings. The zero-order chi connectivity index (χ0) is 18.4. The molecule has 0 bridgehead atoms. The number of Topliss-reactive ketones (excluding diaryl/α,β-unsaturated/α-hetero) is 1. The maximum absolute atomic E-state index is 12.3. The van der Waals surface area contributed by atoms with E-state index in [4.69, 9.17) is 14.2 Å². The van der Waals surface area contributed by atoms with Gasteiger partial charge in [0, 0.05) is 5.56 Å². The zero-order valence-corrected chi connectivity index (χ0v) is 14.8. The van der Waals surface area contributed by atoms with Crippen LogP contribution in [0.3, 0.4) is 0 Å². The summed E-state index contributed by atoms with van der Waals surface area (Å²) in [6, 6.07) is 13.3. The van der Waals surface area contributed by atoms with Gasteiger partial charge in [0.15, 0.2) is 6.10 Å². The van der Waals surface area contributed by atoms with Gasteiger partial charge in [-0.2, -0.15) is 0 Å². The summed E-state index contributed by atoms with van der Waals surface area (Å²) in [5.41, 5.74) is 0.826. The molecule has 132 valence electrons. The Balaban J connectivity index is 1.99. The fourth-order valence-electron chi connectivity index (χ4n) is 2.21. The molecule has 2 rings (SSSR count). The second-order valence-electron chi connectivity index (χ2n) is 5.83. The summed E-state index contributed by atoms with van der Waals surface area (Å²) < 4.78 is 15.9. The topological polar surface area (TPSA) is 61.8 Å². The van der Waals surface area contributed by atoms with Crippen LogP contribution in [0.15, 0.2) is 48.5 Å². The molecule has 0 saturated heterocycles. The Hall–Kier alpha value is -2.82. The van der Waals surface area contributed by atoms with Gasteiger partial charge in [-0.05, 0) is 69.3 Å². The average molecular weight is 342 g/mol. The molecule has 0 aliphatic heterocycles. The summed E-state index contributed by atoms with van der Waals surface area (Å²) in [5, 5.41) is 0. The standard InChI is InChI=1S/C20H22O5/c1-13(2)24-18-11-7-16(8-12-18)20(22)25-14(3)19(21)15-5-9-17(23-4)10-6-15/h5-14H,1-4H3/t14-/m0/s1. The molecule has 0 spiro atoms. The van der Waals surface area contributed by atoms with Gasteiger partial charge in [-0.3, -0.25) is 4.79 Å². The number of hydrogen-bond donors (Lipinski definition) is 0. The molecule has 5 nitrogen and oxygen atoms in total. The third kappa shape index (κ3) is 5.08. The van der Waals surface area contributed by atoms with Crippen LogP contribution in [0.1, 0.15) is 41.5 Å². The summed E-state index contributed by atoms with van der Waals surface area (Å²) in [7, 11) is 1.55. The van der Waals surface area contributed by atoms with Crippen molar-refractivity contribution in [2.45, 2.75) is 33.0 Å². The highest BCUT2D eigenvalue weighted by Crippen LogP contribution is 2.17. The number of rotatable bonds is 7. The Bertz CT molecular complexity index is 717. The highest BCUT2D eigenvalue weighted by molar-refractivity contribution is 6.01. The van der Waals surface area contributed by atoms with Crippen molar-refractivity contribution in [3.8, 4) is 11.5 Å². The minimum Gasteiger partial charge on any atom is -0.497 e. The van der Waals surface area contributed by atoms with Gasteiger partial charge in [-0.15, -0.1) is 0 Å². The average Bonchev–Trinajstić information content (AvgIpc) is 2.61. The Morgan fingerprint density at radius 3 is 1.84 bits per heavy atom. The van der Waals surface area contributed by atoms with Crippen molar-refractivity contribution < 1.29 is 23.8 Å². The lowest BCUT2D eigenvalue weighted by atomic mass is 10.1. The van der Waals surface area contributed by atoms with Crippen LogP contribution in [0.4, 0.5) is 0 Å². The maximum atomic E-state index is 12.3. The van der Waals surface area contributed by atoms with E-state index in [1.807, 2.05) is 13.8 Å². The molecule has 0 heterocycles. The summed E-state index contributed by atoms with van der Waals surface area (Å²) in [6.45, 7) is 5.41. The molecular weight excluding hydrogens is 320 g/mol. The number of hydrogen-bond acceptors (Lipinski definition) is 5. The van der Waals surface area contributed by atoms with Crippen LogP contribution in [0, 0.1) is 0 Å². The summed E-state index contributed by atoms with van der Waals surface area (Å²) in [4.78, 5) is 24.5. The highest BCUT2D eigenvalue weighted by atomic mass is 16.5. The first-order valence-corrected chi connectivity index (χ1v) is 8.06. The Kier molecular flexibility index (Phi) is 6.17. The van der Waals surface area contributed by atoms with Crippen molar-refractivity contribution in [2.24, 2.45) is 0 Å². The van der Waals surface area contributed by atoms with E-state index in [1.54, 1.807) is 62.6 Å². The lowest BCUT2D eigenvalue weighted by Gasteiger charge is -2.13. The van der Waals surface area contributed by atoms with Gasteiger partial charge >= 0.3 is 5.97 Å². The van der Waals surface area contributed by atoms with E-state index >= 15 is 0 Å². The first-order valence-electron chi connectivity index (χ1n) is 8.06. The predicted octanol–water partition coefficient (Wildman–Crippen LogP) is 3.91. The number of carbonyl (C=O) groups is 2. The molecule has 0 unspecified atom stereocenters. The third-order valence-electron chi connectivity index (χ3n) is 3.49.